The molecule has 0 bridgehead atoms. The van der Waals surface area contributed by atoms with Crippen LogP contribution < -0.4 is 10.6 Å². The smallest absolute Gasteiger partial charge is 0.0695 e. The van der Waals surface area contributed by atoms with Gasteiger partial charge in [-0.05, 0) is 64.2 Å². The van der Waals surface area contributed by atoms with Crippen molar-refractivity contribution in [2.75, 3.05) is 10.6 Å². The van der Waals surface area contributed by atoms with Gasteiger partial charge in [-0.15, -0.1) is 0 Å². The fourth-order valence-corrected chi connectivity index (χ4v) is 5.28. The first kappa shape index (κ1) is 14.4. The second-order valence-electron chi connectivity index (χ2n) is 8.24. The molecule has 5 rings (SSSR count). The van der Waals surface area contributed by atoms with Gasteiger partial charge in [0, 0.05) is 28.4 Å². The third-order valence-electron chi connectivity index (χ3n) is 6.79. The molecule has 2 nitrogen and oxygen atoms in total. The van der Waals surface area contributed by atoms with Crippen molar-refractivity contribution in [2.24, 2.45) is 5.92 Å². The van der Waals surface area contributed by atoms with Gasteiger partial charge >= 0.3 is 0 Å². The summed E-state index contributed by atoms with van der Waals surface area (Å²) < 4.78 is 0. The van der Waals surface area contributed by atoms with Crippen LogP contribution in [0.4, 0.5) is 11.4 Å². The van der Waals surface area contributed by atoms with Gasteiger partial charge in [0.05, 0.1) is 5.54 Å². The largest absolute Gasteiger partial charge is 0.379 e. The molecule has 0 amide bonds. The minimum absolute atomic E-state index is 0.113. The average Bonchev–Trinajstić information content (AvgIpc) is 2.52. The second kappa shape index (κ2) is 4.78. The highest BCUT2D eigenvalue weighted by molar-refractivity contribution is 5.66. The minimum Gasteiger partial charge on any atom is -0.379 e. The lowest BCUT2D eigenvalue weighted by Gasteiger charge is -2.66. The molecule has 1 heterocycles. The van der Waals surface area contributed by atoms with Crippen molar-refractivity contribution in [1.29, 1.82) is 0 Å². The maximum Gasteiger partial charge on any atom is 0.0695 e. The summed E-state index contributed by atoms with van der Waals surface area (Å²) in [4.78, 5) is 0. The Hall–Kier alpha value is -1.96. The van der Waals surface area contributed by atoms with E-state index < -0.39 is 0 Å². The van der Waals surface area contributed by atoms with E-state index in [4.69, 9.17) is 0 Å². The quantitative estimate of drug-likeness (QED) is 0.778. The third-order valence-corrected chi connectivity index (χ3v) is 6.79. The zero-order valence-electron chi connectivity index (χ0n) is 14.7. The molecule has 3 aliphatic rings. The average molecular weight is 318 g/mol. The normalized spacial score (nSPS) is 28.8. The molecule has 2 N–H and O–H groups in total. The number of hydrogen-bond acceptors (Lipinski definition) is 2. The van der Waals surface area contributed by atoms with Gasteiger partial charge in [0.1, 0.15) is 0 Å². The van der Waals surface area contributed by atoms with Crippen LogP contribution in [0.2, 0.25) is 0 Å². The lowest BCUT2D eigenvalue weighted by atomic mass is 9.48. The van der Waals surface area contributed by atoms with Gasteiger partial charge in [-0.25, -0.2) is 0 Å². The number of fused-ring (bicyclic) bond motifs is 4. The van der Waals surface area contributed by atoms with E-state index in [0.717, 1.165) is 0 Å². The summed E-state index contributed by atoms with van der Waals surface area (Å²) in [5, 5.41) is 7.94. The summed E-state index contributed by atoms with van der Waals surface area (Å²) in [5.74, 6) is 0.703. The van der Waals surface area contributed by atoms with E-state index in [0.29, 0.717) is 11.5 Å². The van der Waals surface area contributed by atoms with E-state index in [-0.39, 0.29) is 5.54 Å². The first-order valence-corrected chi connectivity index (χ1v) is 9.36. The standard InChI is InChI=1S/C22H26N2/c1-15-4-7-17(8-5-15)23-22-13-10-20(22)21(11-3-12-21)24-19-9-6-16(2)14-18(19)22/h4-9,14,20,23-24H,3,10-13H2,1-2H3. The molecule has 2 saturated carbocycles. The molecule has 2 heteroatoms. The summed E-state index contributed by atoms with van der Waals surface area (Å²) in [6, 6.07) is 15.9. The number of rotatable bonds is 2. The molecule has 124 valence electrons. The first-order valence-electron chi connectivity index (χ1n) is 9.36. The van der Waals surface area contributed by atoms with Gasteiger partial charge in [-0.2, -0.15) is 0 Å². The molecule has 2 unspecified atom stereocenters. The highest BCUT2D eigenvalue weighted by Crippen LogP contribution is 2.63. The summed E-state index contributed by atoms with van der Waals surface area (Å²) in [6.45, 7) is 4.36. The van der Waals surface area contributed by atoms with Crippen LogP contribution in [0.25, 0.3) is 0 Å². The van der Waals surface area contributed by atoms with Crippen LogP contribution in [0.1, 0.15) is 48.8 Å². The van der Waals surface area contributed by atoms with Gasteiger partial charge in [0.15, 0.2) is 0 Å². The molecule has 0 saturated heterocycles. The van der Waals surface area contributed by atoms with Crippen LogP contribution in [0.15, 0.2) is 42.5 Å². The second-order valence-corrected chi connectivity index (χ2v) is 8.24. The molecule has 2 aromatic carbocycles. The maximum atomic E-state index is 3.99. The Bertz CT molecular complexity index is 788. The van der Waals surface area contributed by atoms with Crippen molar-refractivity contribution in [3.63, 3.8) is 0 Å². The summed E-state index contributed by atoms with van der Waals surface area (Å²) in [5.41, 5.74) is 7.22. The predicted molar refractivity (Wildman–Crippen MR) is 101 cm³/mol. The van der Waals surface area contributed by atoms with E-state index in [1.165, 1.54) is 60.2 Å². The van der Waals surface area contributed by atoms with E-state index in [1.54, 1.807) is 0 Å². The van der Waals surface area contributed by atoms with Crippen molar-refractivity contribution in [3.8, 4) is 0 Å². The number of benzene rings is 2. The van der Waals surface area contributed by atoms with Crippen LogP contribution in [-0.2, 0) is 5.54 Å². The molecule has 24 heavy (non-hydrogen) atoms. The van der Waals surface area contributed by atoms with Crippen LogP contribution in [0, 0.1) is 19.8 Å². The fourth-order valence-electron chi connectivity index (χ4n) is 5.28. The molecular formula is C22H26N2. The van der Waals surface area contributed by atoms with E-state index in [2.05, 4.69) is 66.9 Å². The number of hydrogen-bond donors (Lipinski definition) is 2. The molecule has 2 atom stereocenters. The SMILES string of the molecule is Cc1ccc(NC23CCC2C2(CCC2)Nc2ccc(C)cc23)cc1. The van der Waals surface area contributed by atoms with Crippen molar-refractivity contribution < 1.29 is 0 Å². The third kappa shape index (κ3) is 1.83. The highest BCUT2D eigenvalue weighted by Gasteiger charge is 2.62. The van der Waals surface area contributed by atoms with Crippen LogP contribution in [0.3, 0.4) is 0 Å². The van der Waals surface area contributed by atoms with Gasteiger partial charge < -0.3 is 10.6 Å². The Morgan fingerprint density at radius 2 is 1.71 bits per heavy atom. The molecule has 0 aromatic heterocycles. The first-order chi connectivity index (χ1) is 11.6. The molecule has 2 aliphatic carbocycles. The van der Waals surface area contributed by atoms with E-state index in [9.17, 15) is 0 Å². The number of aryl methyl sites for hydroxylation is 2. The molecule has 1 spiro atoms. The Labute approximate surface area is 144 Å². The lowest BCUT2D eigenvalue weighted by molar-refractivity contribution is 0.0196. The summed E-state index contributed by atoms with van der Waals surface area (Å²) in [6.07, 6.45) is 6.58. The monoisotopic (exact) mass is 318 g/mol. The van der Waals surface area contributed by atoms with E-state index >= 15 is 0 Å². The van der Waals surface area contributed by atoms with Gasteiger partial charge in [0.25, 0.3) is 0 Å². The lowest BCUT2D eigenvalue weighted by Crippen LogP contribution is -2.68. The Morgan fingerprint density at radius 1 is 0.958 bits per heavy atom. The molecule has 0 radical (unpaired) electrons. The minimum atomic E-state index is 0.113. The topological polar surface area (TPSA) is 24.1 Å². The van der Waals surface area contributed by atoms with Crippen molar-refractivity contribution >= 4 is 11.4 Å². The van der Waals surface area contributed by atoms with Crippen molar-refractivity contribution in [3.05, 3.63) is 59.2 Å². The summed E-state index contributed by atoms with van der Waals surface area (Å²) in [7, 11) is 0. The summed E-state index contributed by atoms with van der Waals surface area (Å²) >= 11 is 0. The maximum absolute atomic E-state index is 3.99. The molecule has 2 fully saturated rings. The van der Waals surface area contributed by atoms with Crippen LogP contribution in [0.5, 0.6) is 0 Å². The fraction of sp³-hybridized carbons (Fsp3) is 0.455. The van der Waals surface area contributed by atoms with Crippen molar-refractivity contribution in [1.82, 2.24) is 0 Å². The Balaban J connectivity index is 1.62. The zero-order chi connectivity index (χ0) is 16.4. The van der Waals surface area contributed by atoms with Crippen LogP contribution in [-0.4, -0.2) is 5.54 Å². The van der Waals surface area contributed by atoms with Gasteiger partial charge in [-0.1, -0.05) is 35.4 Å². The van der Waals surface area contributed by atoms with Gasteiger partial charge in [-0.3, -0.25) is 0 Å². The Morgan fingerprint density at radius 3 is 2.33 bits per heavy atom. The van der Waals surface area contributed by atoms with E-state index in [1.807, 2.05) is 0 Å². The predicted octanol–water partition coefficient (Wildman–Crippen LogP) is 5.37. The number of nitrogens with one attached hydrogen (secondary N) is 2. The molecular weight excluding hydrogens is 292 g/mol. The van der Waals surface area contributed by atoms with Gasteiger partial charge in [0.2, 0.25) is 0 Å². The van der Waals surface area contributed by atoms with Crippen molar-refractivity contribution in [2.45, 2.75) is 57.0 Å². The Kier molecular flexibility index (Phi) is 2.87. The number of anilines is 2. The molecule has 1 aliphatic heterocycles. The van der Waals surface area contributed by atoms with Crippen LogP contribution >= 0.6 is 0 Å². The highest BCUT2D eigenvalue weighted by atomic mass is 15.1. The zero-order valence-corrected chi connectivity index (χ0v) is 14.7. The molecule has 2 aromatic rings.